The van der Waals surface area contributed by atoms with E-state index in [4.69, 9.17) is 57.1 Å². The molecule has 6 rings (SSSR count). The van der Waals surface area contributed by atoms with Gasteiger partial charge in [-0.3, -0.25) is 19.4 Å². The Morgan fingerprint density at radius 3 is 1.54 bits per heavy atom. The number of esters is 3. The Hall–Kier alpha value is -5.52. The van der Waals surface area contributed by atoms with Gasteiger partial charge >= 0.3 is 17.9 Å². The summed E-state index contributed by atoms with van der Waals surface area (Å²) in [5.74, 6) is -1.33. The highest BCUT2D eigenvalue weighted by atomic mass is 16.7. The van der Waals surface area contributed by atoms with Crippen molar-refractivity contribution in [3.8, 4) is 5.75 Å². The lowest BCUT2D eigenvalue weighted by Gasteiger charge is -2.47. The molecule has 0 saturated carbocycles. The standard InChI is InChI=1S/C48H55NO14/c1-31(50)55-29-40-43(60-32(2)51)44(61-33(3)52)41(49-25-34-21-23-38(53-4)24-22-34)47(62-40)59-30-39-42(56-26-35-15-9-6-10-16-35)45(57-27-36-17-11-7-12-18-36)46(48(54-5)63-39)58-28-37-19-13-8-14-20-37/h6-25,39-48H,26-30H2,1-5H3/t39-,40-,41-,42-,43-,44-,45+,46-,47+,48+/m1/s1. The topological polar surface area (TPSA) is 165 Å². The number of hydrogen-bond donors (Lipinski definition) is 0. The van der Waals surface area contributed by atoms with Gasteiger partial charge in [-0.2, -0.15) is 0 Å². The normalized spacial score (nSPS) is 25.9. The number of nitrogens with zero attached hydrogens (tertiary/aromatic N) is 1. The van der Waals surface area contributed by atoms with Gasteiger partial charge in [-0.15, -0.1) is 0 Å². The van der Waals surface area contributed by atoms with Gasteiger partial charge in [0.15, 0.2) is 24.8 Å². The summed E-state index contributed by atoms with van der Waals surface area (Å²) >= 11 is 0. The largest absolute Gasteiger partial charge is 0.497 e. The van der Waals surface area contributed by atoms with Crippen molar-refractivity contribution in [3.63, 3.8) is 0 Å². The maximum Gasteiger partial charge on any atom is 0.303 e. The molecule has 0 unspecified atom stereocenters. The molecule has 2 saturated heterocycles. The number of benzene rings is 4. The summed E-state index contributed by atoms with van der Waals surface area (Å²) in [6.45, 7) is 3.77. The molecule has 2 heterocycles. The van der Waals surface area contributed by atoms with E-state index < -0.39 is 79.3 Å². The number of carbonyl (C=O) groups excluding carboxylic acids is 3. The molecule has 336 valence electrons. The van der Waals surface area contributed by atoms with Gasteiger partial charge in [-0.1, -0.05) is 91.0 Å². The summed E-state index contributed by atoms with van der Waals surface area (Å²) in [7, 11) is 3.08. The van der Waals surface area contributed by atoms with E-state index in [9.17, 15) is 14.4 Å². The lowest BCUT2D eigenvalue weighted by molar-refractivity contribution is -0.334. The van der Waals surface area contributed by atoms with E-state index >= 15 is 0 Å². The molecule has 0 spiro atoms. The van der Waals surface area contributed by atoms with E-state index in [1.54, 1.807) is 37.6 Å². The van der Waals surface area contributed by atoms with Crippen molar-refractivity contribution in [1.29, 1.82) is 0 Å². The molecule has 0 aliphatic carbocycles. The third-order valence-corrected chi connectivity index (χ3v) is 10.3. The molecule has 0 N–H and O–H groups in total. The Bertz CT molecular complexity index is 2040. The zero-order valence-corrected chi connectivity index (χ0v) is 36.0. The second-order valence-electron chi connectivity index (χ2n) is 14.9. The first kappa shape index (κ1) is 47.0. The molecule has 2 aliphatic heterocycles. The van der Waals surface area contributed by atoms with Gasteiger partial charge in [0.1, 0.15) is 48.9 Å². The molecule has 0 bridgehead atoms. The molecule has 4 aromatic carbocycles. The second-order valence-corrected chi connectivity index (χ2v) is 14.9. The first-order valence-electron chi connectivity index (χ1n) is 20.7. The predicted molar refractivity (Wildman–Crippen MR) is 227 cm³/mol. The zero-order chi connectivity index (χ0) is 44.6. The van der Waals surface area contributed by atoms with E-state index in [0.29, 0.717) is 11.3 Å². The molecule has 10 atom stereocenters. The van der Waals surface area contributed by atoms with Crippen molar-refractivity contribution >= 4 is 24.1 Å². The van der Waals surface area contributed by atoms with Crippen molar-refractivity contribution in [3.05, 3.63) is 138 Å². The fourth-order valence-corrected chi connectivity index (χ4v) is 7.30. The molecular weight excluding hydrogens is 815 g/mol. The van der Waals surface area contributed by atoms with Gasteiger partial charge in [0.25, 0.3) is 0 Å². The lowest BCUT2D eigenvalue weighted by atomic mass is 9.96. The van der Waals surface area contributed by atoms with Crippen molar-refractivity contribution in [1.82, 2.24) is 0 Å². The molecule has 4 aromatic rings. The average Bonchev–Trinajstić information content (AvgIpc) is 3.29. The Labute approximate surface area is 367 Å². The van der Waals surface area contributed by atoms with Gasteiger partial charge in [-0.25, -0.2) is 0 Å². The van der Waals surface area contributed by atoms with Crippen LogP contribution in [0.25, 0.3) is 0 Å². The summed E-state index contributed by atoms with van der Waals surface area (Å²) in [5.41, 5.74) is 3.46. The summed E-state index contributed by atoms with van der Waals surface area (Å²) in [4.78, 5) is 42.1. The van der Waals surface area contributed by atoms with Gasteiger partial charge in [0.2, 0.25) is 0 Å². The van der Waals surface area contributed by atoms with Crippen molar-refractivity contribution in [2.45, 2.75) is 102 Å². The number of ether oxygens (including phenoxy) is 11. The van der Waals surface area contributed by atoms with E-state index in [-0.39, 0.29) is 33.0 Å². The Kier molecular flexibility index (Phi) is 17.7. The van der Waals surface area contributed by atoms with Crippen molar-refractivity contribution < 1.29 is 66.5 Å². The molecule has 0 aromatic heterocycles. The van der Waals surface area contributed by atoms with Gasteiger partial charge < -0.3 is 52.1 Å². The average molecular weight is 870 g/mol. The minimum atomic E-state index is -1.29. The van der Waals surface area contributed by atoms with Crippen LogP contribution in [0.5, 0.6) is 5.75 Å². The summed E-state index contributed by atoms with van der Waals surface area (Å²) < 4.78 is 68.0. The highest BCUT2D eigenvalue weighted by Gasteiger charge is 2.53. The third kappa shape index (κ3) is 13.7. The molecule has 15 nitrogen and oxygen atoms in total. The van der Waals surface area contributed by atoms with E-state index in [0.717, 1.165) is 16.7 Å². The zero-order valence-electron chi connectivity index (χ0n) is 36.0. The first-order valence-corrected chi connectivity index (χ1v) is 20.7. The summed E-state index contributed by atoms with van der Waals surface area (Å²) in [6, 6.07) is 35.2. The Morgan fingerprint density at radius 1 is 0.540 bits per heavy atom. The van der Waals surface area contributed by atoms with Crippen LogP contribution in [0.15, 0.2) is 120 Å². The lowest BCUT2D eigenvalue weighted by Crippen LogP contribution is -2.63. The maximum absolute atomic E-state index is 12.7. The fourth-order valence-electron chi connectivity index (χ4n) is 7.30. The molecule has 0 radical (unpaired) electrons. The smallest absolute Gasteiger partial charge is 0.303 e. The predicted octanol–water partition coefficient (Wildman–Crippen LogP) is 5.78. The minimum Gasteiger partial charge on any atom is -0.497 e. The van der Waals surface area contributed by atoms with Crippen LogP contribution in [0.2, 0.25) is 0 Å². The Balaban J connectivity index is 1.36. The van der Waals surface area contributed by atoms with Crippen LogP contribution in [0.1, 0.15) is 43.0 Å². The number of hydrogen-bond acceptors (Lipinski definition) is 15. The van der Waals surface area contributed by atoms with E-state index in [1.807, 2.05) is 91.0 Å². The van der Waals surface area contributed by atoms with Gasteiger partial charge in [-0.05, 0) is 46.5 Å². The highest BCUT2D eigenvalue weighted by molar-refractivity contribution is 5.80. The minimum absolute atomic E-state index is 0.192. The number of rotatable bonds is 20. The SMILES string of the molecule is COc1ccc(C=N[C@H]2[C@@H](OC[C@H]3O[C@H](OC)[C@H](OCc4ccccc4)[C@@H](OCc4ccccc4)[C@@H]3OCc3ccccc3)O[C@H](COC(C)=O)[C@@H](OC(C)=O)[C@@H]2OC(C)=O)cc1. The summed E-state index contributed by atoms with van der Waals surface area (Å²) in [6.07, 6.45) is -7.53. The van der Waals surface area contributed by atoms with E-state index in [2.05, 4.69) is 0 Å². The van der Waals surface area contributed by atoms with Crippen molar-refractivity contribution in [2.24, 2.45) is 4.99 Å². The van der Waals surface area contributed by atoms with Crippen LogP contribution in [0.4, 0.5) is 0 Å². The first-order chi connectivity index (χ1) is 30.6. The quantitative estimate of drug-likeness (QED) is 0.0597. The van der Waals surface area contributed by atoms with Gasteiger partial charge in [0.05, 0.1) is 33.5 Å². The highest BCUT2D eigenvalue weighted by Crippen LogP contribution is 2.34. The molecule has 15 heteroatoms. The maximum atomic E-state index is 12.7. The Morgan fingerprint density at radius 2 is 1.03 bits per heavy atom. The van der Waals surface area contributed by atoms with Crippen LogP contribution >= 0.6 is 0 Å². The molecule has 2 aliphatic rings. The van der Waals surface area contributed by atoms with Gasteiger partial charge in [0, 0.05) is 34.1 Å². The monoisotopic (exact) mass is 869 g/mol. The van der Waals surface area contributed by atoms with Crippen LogP contribution < -0.4 is 4.74 Å². The molecule has 63 heavy (non-hydrogen) atoms. The molecular formula is C48H55NO14. The number of aliphatic imine (C=N–C) groups is 1. The second kappa shape index (κ2) is 23.8. The number of methoxy groups -OCH3 is 2. The van der Waals surface area contributed by atoms with E-state index in [1.165, 1.54) is 27.9 Å². The third-order valence-electron chi connectivity index (χ3n) is 10.3. The van der Waals surface area contributed by atoms with Crippen molar-refractivity contribution in [2.75, 3.05) is 27.4 Å². The molecule has 2 fully saturated rings. The fraction of sp³-hybridized carbons (Fsp3) is 0.417. The molecule has 0 amide bonds. The van der Waals surface area contributed by atoms with Crippen LogP contribution in [0, 0.1) is 0 Å². The van der Waals surface area contributed by atoms with Crippen LogP contribution in [-0.2, 0) is 81.6 Å². The van der Waals surface area contributed by atoms with Crippen LogP contribution in [0.3, 0.4) is 0 Å². The number of carbonyl (C=O) groups is 3. The summed E-state index contributed by atoms with van der Waals surface area (Å²) in [5, 5.41) is 0. The van der Waals surface area contributed by atoms with Crippen LogP contribution in [-0.4, -0.2) is 113 Å².